The number of benzene rings is 2. The van der Waals surface area contributed by atoms with Crippen LogP contribution in [0.3, 0.4) is 0 Å². The van der Waals surface area contributed by atoms with Crippen LogP contribution >= 0.6 is 11.8 Å². The van der Waals surface area contributed by atoms with Gasteiger partial charge in [-0.05, 0) is 59.5 Å². The molecule has 4 nitrogen and oxygen atoms in total. The third-order valence-corrected chi connectivity index (χ3v) is 5.41. The fourth-order valence-electron chi connectivity index (χ4n) is 2.75. The summed E-state index contributed by atoms with van der Waals surface area (Å²) >= 11 is 1.41. The third kappa shape index (κ3) is 4.84. The molecule has 146 valence electrons. The Kier molecular flexibility index (Phi) is 6.57. The average Bonchev–Trinajstić information content (AvgIpc) is 2.95. The Balaban J connectivity index is 1.78. The Bertz CT molecular complexity index is 901. The molecule has 0 aliphatic carbocycles. The number of likely N-dealkylation sites (N-methyl/N-ethyl adjacent to an activating group) is 1. The van der Waals surface area contributed by atoms with Crippen LogP contribution in [0, 0.1) is 5.92 Å². The Morgan fingerprint density at radius 3 is 2.54 bits per heavy atom. The quantitative estimate of drug-likeness (QED) is 0.606. The lowest BCUT2D eigenvalue weighted by Gasteiger charge is -2.09. The predicted molar refractivity (Wildman–Crippen MR) is 118 cm³/mol. The standard InChI is InChI=1S/C23H26N2O2S/c1-5-18-8-6-7-9-20(18)24-23-25(4)22(26)21(28-23)14-17-10-12-19(13-11-17)27-15-16(2)3/h6-14,16H,5,15H2,1-4H3/b21-14+,24-23?. The molecule has 28 heavy (non-hydrogen) atoms. The van der Waals surface area contributed by atoms with Crippen LogP contribution in [0.5, 0.6) is 5.75 Å². The van der Waals surface area contributed by atoms with Crippen LogP contribution in [0.4, 0.5) is 5.69 Å². The van der Waals surface area contributed by atoms with E-state index in [-0.39, 0.29) is 5.91 Å². The van der Waals surface area contributed by atoms with Crippen molar-refractivity contribution in [2.24, 2.45) is 10.9 Å². The van der Waals surface area contributed by atoms with Crippen LogP contribution in [-0.2, 0) is 11.2 Å². The van der Waals surface area contributed by atoms with Crippen molar-refractivity contribution in [1.29, 1.82) is 0 Å². The van der Waals surface area contributed by atoms with E-state index in [0.717, 1.165) is 23.4 Å². The summed E-state index contributed by atoms with van der Waals surface area (Å²) < 4.78 is 5.72. The molecule has 0 spiro atoms. The molecule has 1 amide bonds. The molecular weight excluding hydrogens is 368 g/mol. The molecular formula is C23H26N2O2S. The summed E-state index contributed by atoms with van der Waals surface area (Å²) in [4.78, 5) is 19.7. The molecule has 2 aromatic carbocycles. The monoisotopic (exact) mass is 394 g/mol. The topological polar surface area (TPSA) is 41.9 Å². The summed E-state index contributed by atoms with van der Waals surface area (Å²) in [5.41, 5.74) is 3.06. The lowest BCUT2D eigenvalue weighted by molar-refractivity contribution is -0.121. The van der Waals surface area contributed by atoms with Gasteiger partial charge in [0.25, 0.3) is 5.91 Å². The molecule has 2 aromatic rings. The van der Waals surface area contributed by atoms with Crippen LogP contribution in [0.25, 0.3) is 6.08 Å². The van der Waals surface area contributed by atoms with Gasteiger partial charge in [-0.15, -0.1) is 0 Å². The van der Waals surface area contributed by atoms with E-state index >= 15 is 0 Å². The predicted octanol–water partition coefficient (Wildman–Crippen LogP) is 5.52. The third-order valence-electron chi connectivity index (χ3n) is 4.35. The fraction of sp³-hybridized carbons (Fsp3) is 0.304. The summed E-state index contributed by atoms with van der Waals surface area (Å²) in [5, 5.41) is 0.703. The first-order chi connectivity index (χ1) is 13.5. The minimum Gasteiger partial charge on any atom is -0.493 e. The van der Waals surface area contributed by atoms with Gasteiger partial charge < -0.3 is 4.74 Å². The minimum atomic E-state index is -0.0298. The van der Waals surface area contributed by atoms with Crippen LogP contribution in [-0.4, -0.2) is 29.6 Å². The molecule has 0 radical (unpaired) electrons. The summed E-state index contributed by atoms with van der Waals surface area (Å²) in [6, 6.07) is 15.9. The van der Waals surface area contributed by atoms with Crippen LogP contribution in [0.1, 0.15) is 31.9 Å². The minimum absolute atomic E-state index is 0.0298. The van der Waals surface area contributed by atoms with Gasteiger partial charge in [0.15, 0.2) is 5.17 Å². The van der Waals surface area contributed by atoms with E-state index in [1.807, 2.05) is 48.5 Å². The molecule has 0 atom stereocenters. The molecule has 0 N–H and O–H groups in total. The molecule has 5 heteroatoms. The number of aryl methyl sites for hydroxylation is 1. The second-order valence-electron chi connectivity index (χ2n) is 7.13. The molecule has 1 saturated heterocycles. The molecule has 0 aromatic heterocycles. The van der Waals surface area contributed by atoms with Crippen molar-refractivity contribution in [2.75, 3.05) is 13.7 Å². The first-order valence-corrected chi connectivity index (χ1v) is 10.4. The number of carbonyl (C=O) groups is 1. The van der Waals surface area contributed by atoms with Gasteiger partial charge in [-0.25, -0.2) is 4.99 Å². The van der Waals surface area contributed by atoms with E-state index in [1.54, 1.807) is 11.9 Å². The molecule has 0 saturated carbocycles. The van der Waals surface area contributed by atoms with Gasteiger partial charge >= 0.3 is 0 Å². The largest absolute Gasteiger partial charge is 0.493 e. The number of ether oxygens (including phenoxy) is 1. The lowest BCUT2D eigenvalue weighted by Crippen LogP contribution is -2.23. The Hall–Kier alpha value is -2.53. The smallest absolute Gasteiger partial charge is 0.266 e. The SMILES string of the molecule is CCc1ccccc1N=C1S/C(=C/c2ccc(OCC(C)C)cc2)C(=O)N1C. The fourth-order valence-corrected chi connectivity index (χ4v) is 3.73. The number of amides is 1. The highest BCUT2D eigenvalue weighted by Gasteiger charge is 2.30. The molecule has 3 rings (SSSR count). The Morgan fingerprint density at radius 1 is 1.14 bits per heavy atom. The lowest BCUT2D eigenvalue weighted by atomic mass is 10.1. The normalized spacial score (nSPS) is 17.2. The van der Waals surface area contributed by atoms with Crippen molar-refractivity contribution in [3.63, 3.8) is 0 Å². The van der Waals surface area contributed by atoms with Crippen molar-refractivity contribution < 1.29 is 9.53 Å². The number of thioether (sulfide) groups is 1. The highest BCUT2D eigenvalue weighted by molar-refractivity contribution is 8.18. The zero-order valence-corrected chi connectivity index (χ0v) is 17.6. The van der Waals surface area contributed by atoms with E-state index in [4.69, 9.17) is 9.73 Å². The van der Waals surface area contributed by atoms with E-state index in [1.165, 1.54) is 17.3 Å². The molecule has 0 bridgehead atoms. The number of hydrogen-bond donors (Lipinski definition) is 0. The van der Waals surface area contributed by atoms with Crippen LogP contribution in [0.15, 0.2) is 58.4 Å². The summed E-state index contributed by atoms with van der Waals surface area (Å²) in [6.07, 6.45) is 2.81. The van der Waals surface area contributed by atoms with Gasteiger partial charge in [0.05, 0.1) is 17.2 Å². The van der Waals surface area contributed by atoms with Crippen LogP contribution in [0.2, 0.25) is 0 Å². The maximum atomic E-state index is 12.6. The molecule has 1 heterocycles. The number of hydrogen-bond acceptors (Lipinski definition) is 4. The number of aliphatic imine (C=N–C) groups is 1. The van der Waals surface area contributed by atoms with Crippen molar-refractivity contribution in [1.82, 2.24) is 4.90 Å². The van der Waals surface area contributed by atoms with Gasteiger partial charge in [-0.2, -0.15) is 0 Å². The number of rotatable bonds is 6. The first-order valence-electron chi connectivity index (χ1n) is 9.55. The van der Waals surface area contributed by atoms with Gasteiger partial charge in [-0.3, -0.25) is 9.69 Å². The van der Waals surface area contributed by atoms with Crippen molar-refractivity contribution in [3.8, 4) is 5.75 Å². The number of nitrogens with zero attached hydrogens (tertiary/aromatic N) is 2. The first kappa shape index (κ1) is 20.2. The van der Waals surface area contributed by atoms with Crippen molar-refractivity contribution >= 4 is 34.6 Å². The van der Waals surface area contributed by atoms with Gasteiger partial charge in [-0.1, -0.05) is 51.1 Å². The number of carbonyl (C=O) groups excluding carboxylic acids is 1. The number of para-hydroxylation sites is 1. The number of amidine groups is 1. The Labute approximate surface area is 171 Å². The summed E-state index contributed by atoms with van der Waals surface area (Å²) in [7, 11) is 1.77. The Morgan fingerprint density at radius 2 is 1.86 bits per heavy atom. The summed E-state index contributed by atoms with van der Waals surface area (Å²) in [5.74, 6) is 1.30. The summed E-state index contributed by atoms with van der Waals surface area (Å²) in [6.45, 7) is 7.04. The van der Waals surface area contributed by atoms with E-state index in [9.17, 15) is 4.79 Å². The maximum absolute atomic E-state index is 12.6. The van der Waals surface area contributed by atoms with E-state index < -0.39 is 0 Å². The molecule has 1 fully saturated rings. The highest BCUT2D eigenvalue weighted by Crippen LogP contribution is 2.34. The second kappa shape index (κ2) is 9.11. The van der Waals surface area contributed by atoms with Gasteiger partial charge in [0.1, 0.15) is 5.75 Å². The van der Waals surface area contributed by atoms with Crippen molar-refractivity contribution in [3.05, 3.63) is 64.6 Å². The molecule has 0 unspecified atom stereocenters. The second-order valence-corrected chi connectivity index (χ2v) is 8.13. The van der Waals surface area contributed by atoms with E-state index in [2.05, 4.69) is 26.8 Å². The van der Waals surface area contributed by atoms with E-state index in [0.29, 0.717) is 22.6 Å². The van der Waals surface area contributed by atoms with Gasteiger partial charge in [0, 0.05) is 7.05 Å². The van der Waals surface area contributed by atoms with Crippen molar-refractivity contribution in [2.45, 2.75) is 27.2 Å². The zero-order chi connectivity index (χ0) is 20.1. The zero-order valence-electron chi connectivity index (χ0n) is 16.8. The maximum Gasteiger partial charge on any atom is 0.266 e. The molecule has 1 aliphatic heterocycles. The molecule has 1 aliphatic rings. The average molecular weight is 395 g/mol. The van der Waals surface area contributed by atoms with Crippen LogP contribution < -0.4 is 4.74 Å². The van der Waals surface area contributed by atoms with Gasteiger partial charge in [0.2, 0.25) is 0 Å². The highest BCUT2D eigenvalue weighted by atomic mass is 32.2.